The van der Waals surface area contributed by atoms with Crippen LogP contribution in [0.4, 0.5) is 0 Å². The monoisotopic (exact) mass is 555 g/mol. The minimum Gasteiger partial charge on any atom is -0.462 e. The molecule has 0 heterocycles. The fourth-order valence-corrected chi connectivity index (χ4v) is 10.4. The van der Waals surface area contributed by atoms with E-state index in [1.165, 1.54) is 116 Å². The summed E-state index contributed by atoms with van der Waals surface area (Å²) in [6.07, 6.45) is 31.0. The summed E-state index contributed by atoms with van der Waals surface area (Å²) < 4.78 is 6.07. The Bertz CT molecular complexity index is 814. The van der Waals surface area contributed by atoms with Crippen molar-refractivity contribution in [1.82, 2.24) is 0 Å². The van der Waals surface area contributed by atoms with Gasteiger partial charge in [0.15, 0.2) is 0 Å². The lowest BCUT2D eigenvalue weighted by Crippen LogP contribution is -2.51. The molecule has 8 atom stereocenters. The topological polar surface area (TPSA) is 26.3 Å². The van der Waals surface area contributed by atoms with E-state index in [1.54, 1.807) is 5.57 Å². The minimum absolute atomic E-state index is 0.0584. The van der Waals surface area contributed by atoms with Crippen molar-refractivity contribution in [3.63, 3.8) is 0 Å². The highest BCUT2D eigenvalue weighted by molar-refractivity contribution is 5.69. The molecule has 0 aromatic rings. The van der Waals surface area contributed by atoms with Gasteiger partial charge in [-0.1, -0.05) is 123 Å². The number of carbonyl (C=O) groups excluding carboxylic acids is 1. The van der Waals surface area contributed by atoms with Crippen LogP contribution < -0.4 is 0 Å². The quantitative estimate of drug-likeness (QED) is 0.108. The van der Waals surface area contributed by atoms with E-state index in [0.29, 0.717) is 17.3 Å². The van der Waals surface area contributed by atoms with Crippen molar-refractivity contribution < 1.29 is 9.53 Å². The normalized spacial score (nSPS) is 35.8. The Hall–Kier alpha value is -0.790. The first-order valence-corrected chi connectivity index (χ1v) is 18.2. The number of fused-ring (bicyclic) bond motifs is 5. The summed E-state index contributed by atoms with van der Waals surface area (Å²) in [6, 6.07) is 0. The van der Waals surface area contributed by atoms with E-state index in [1.807, 2.05) is 0 Å². The van der Waals surface area contributed by atoms with Crippen LogP contribution >= 0.6 is 0 Å². The van der Waals surface area contributed by atoms with E-state index in [2.05, 4.69) is 40.7 Å². The zero-order valence-corrected chi connectivity index (χ0v) is 27.4. The van der Waals surface area contributed by atoms with Crippen LogP contribution in [0.5, 0.6) is 0 Å². The van der Waals surface area contributed by atoms with Gasteiger partial charge in [0.25, 0.3) is 0 Å². The molecule has 0 N–H and O–H groups in total. The van der Waals surface area contributed by atoms with Gasteiger partial charge in [-0.3, -0.25) is 4.79 Å². The molecule has 0 bridgehead atoms. The highest BCUT2D eigenvalue weighted by atomic mass is 16.5. The molecule has 3 fully saturated rings. The average Bonchev–Trinajstić information content (AvgIpc) is 3.30. The molecule has 0 radical (unpaired) electrons. The van der Waals surface area contributed by atoms with Gasteiger partial charge in [0.2, 0.25) is 0 Å². The molecule has 3 saturated carbocycles. The van der Waals surface area contributed by atoms with Crippen LogP contribution in [0.3, 0.4) is 0 Å². The molecule has 4 aliphatic carbocycles. The summed E-state index contributed by atoms with van der Waals surface area (Å²) in [5.74, 6) is 4.54. The lowest BCUT2D eigenvalue weighted by molar-refractivity contribution is -0.151. The molecular weight excluding hydrogens is 488 g/mol. The van der Waals surface area contributed by atoms with Gasteiger partial charge < -0.3 is 4.74 Å². The van der Waals surface area contributed by atoms with Gasteiger partial charge in [0.1, 0.15) is 6.10 Å². The molecule has 0 amide bonds. The van der Waals surface area contributed by atoms with E-state index in [-0.39, 0.29) is 12.1 Å². The Kier molecular flexibility index (Phi) is 12.1. The molecule has 8 unspecified atom stereocenters. The van der Waals surface area contributed by atoms with Gasteiger partial charge >= 0.3 is 5.97 Å². The van der Waals surface area contributed by atoms with Crippen molar-refractivity contribution >= 4 is 5.97 Å². The molecule has 0 saturated heterocycles. The van der Waals surface area contributed by atoms with Gasteiger partial charge in [0, 0.05) is 12.8 Å². The number of hydrogen-bond donors (Lipinski definition) is 0. The van der Waals surface area contributed by atoms with Crippen LogP contribution in [-0.4, -0.2) is 12.1 Å². The summed E-state index contributed by atoms with van der Waals surface area (Å²) in [7, 11) is 0. The molecule has 0 aromatic carbocycles. The molecule has 40 heavy (non-hydrogen) atoms. The smallest absolute Gasteiger partial charge is 0.306 e. The number of allylic oxidation sites excluding steroid dienone is 1. The van der Waals surface area contributed by atoms with Crippen LogP contribution in [0, 0.1) is 40.4 Å². The second-order valence-corrected chi connectivity index (χ2v) is 15.4. The number of esters is 1. The number of ether oxygens (including phenoxy) is 1. The van der Waals surface area contributed by atoms with Gasteiger partial charge in [0.05, 0.1) is 0 Å². The van der Waals surface area contributed by atoms with E-state index in [0.717, 1.165) is 48.9 Å². The second kappa shape index (κ2) is 15.1. The van der Waals surface area contributed by atoms with Gasteiger partial charge in [-0.25, -0.2) is 0 Å². The van der Waals surface area contributed by atoms with Gasteiger partial charge in [-0.05, 0) is 91.8 Å². The van der Waals surface area contributed by atoms with Gasteiger partial charge in [-0.2, -0.15) is 0 Å². The predicted molar refractivity (Wildman–Crippen MR) is 170 cm³/mol. The van der Waals surface area contributed by atoms with Crippen molar-refractivity contribution in [2.45, 2.75) is 182 Å². The van der Waals surface area contributed by atoms with Crippen LogP contribution in [-0.2, 0) is 9.53 Å². The first-order valence-electron chi connectivity index (χ1n) is 18.2. The van der Waals surface area contributed by atoms with E-state index in [4.69, 9.17) is 4.74 Å². The second-order valence-electron chi connectivity index (χ2n) is 15.4. The zero-order valence-electron chi connectivity index (χ0n) is 27.4. The third kappa shape index (κ3) is 7.40. The molecule has 2 heteroatoms. The van der Waals surface area contributed by atoms with Crippen molar-refractivity contribution in [1.29, 1.82) is 0 Å². The largest absolute Gasteiger partial charge is 0.462 e. The Balaban J connectivity index is 1.25. The lowest BCUT2D eigenvalue weighted by Gasteiger charge is -2.58. The molecule has 0 aliphatic heterocycles. The Morgan fingerprint density at radius 1 is 0.850 bits per heavy atom. The molecule has 230 valence electrons. The number of hydrogen-bond acceptors (Lipinski definition) is 2. The standard InChI is InChI=1S/C38H66O2/c1-6-8-10-12-13-14-15-17-19-36(39)40-31-24-26-37(4)30(28-31)20-21-32-34-23-22-33(29(3)18-16-11-9-7-2)38(34,5)27-25-35(32)37/h20,29,31-35H,6-19,21-28H2,1-5H3. The maximum Gasteiger partial charge on any atom is 0.306 e. The Morgan fingerprint density at radius 3 is 2.25 bits per heavy atom. The molecule has 2 nitrogen and oxygen atoms in total. The first kappa shape index (κ1) is 32.1. The highest BCUT2D eigenvalue weighted by Crippen LogP contribution is 2.67. The SMILES string of the molecule is CCCCCCCCCCC(=O)OC1CCC2(C)C(=CCC3C2CCC2(C)C(C(C)CCCCCC)CCC32)C1. The molecule has 4 rings (SSSR count). The summed E-state index contributed by atoms with van der Waals surface area (Å²) >= 11 is 0. The van der Waals surface area contributed by atoms with Crippen molar-refractivity contribution in [2.24, 2.45) is 40.4 Å². The van der Waals surface area contributed by atoms with Crippen LogP contribution in [0.2, 0.25) is 0 Å². The summed E-state index contributed by atoms with van der Waals surface area (Å²) in [5, 5.41) is 0. The third-order valence-corrected chi connectivity index (χ3v) is 12.9. The Labute approximate surface area is 249 Å². The lowest BCUT2D eigenvalue weighted by atomic mass is 9.47. The van der Waals surface area contributed by atoms with Crippen molar-refractivity contribution in [3.05, 3.63) is 11.6 Å². The number of unbranched alkanes of at least 4 members (excludes halogenated alkanes) is 10. The summed E-state index contributed by atoms with van der Waals surface area (Å²) in [5.41, 5.74) is 2.55. The molecule has 0 spiro atoms. The fraction of sp³-hybridized carbons (Fsp3) is 0.921. The first-order chi connectivity index (χ1) is 19.3. The number of rotatable bonds is 16. The fourth-order valence-electron chi connectivity index (χ4n) is 10.4. The van der Waals surface area contributed by atoms with Crippen LogP contribution in [0.15, 0.2) is 11.6 Å². The summed E-state index contributed by atoms with van der Waals surface area (Å²) in [4.78, 5) is 12.7. The molecule has 0 aromatic heterocycles. The number of carbonyl (C=O) groups is 1. The highest BCUT2D eigenvalue weighted by Gasteiger charge is 2.59. The minimum atomic E-state index is 0.0584. The van der Waals surface area contributed by atoms with Crippen molar-refractivity contribution in [2.75, 3.05) is 0 Å². The molecular formula is C38H66O2. The van der Waals surface area contributed by atoms with E-state index in [9.17, 15) is 4.79 Å². The van der Waals surface area contributed by atoms with Crippen LogP contribution in [0.1, 0.15) is 176 Å². The molecule has 4 aliphatic rings. The van der Waals surface area contributed by atoms with E-state index >= 15 is 0 Å². The third-order valence-electron chi connectivity index (χ3n) is 12.9. The average molecular weight is 555 g/mol. The predicted octanol–water partition coefficient (Wildman–Crippen LogP) is 11.6. The maximum absolute atomic E-state index is 12.7. The Morgan fingerprint density at radius 2 is 1.52 bits per heavy atom. The van der Waals surface area contributed by atoms with E-state index < -0.39 is 0 Å². The zero-order chi connectivity index (χ0) is 28.6. The summed E-state index contributed by atoms with van der Waals surface area (Å²) in [6.45, 7) is 12.5. The van der Waals surface area contributed by atoms with Crippen LogP contribution in [0.25, 0.3) is 0 Å². The van der Waals surface area contributed by atoms with Gasteiger partial charge in [-0.15, -0.1) is 0 Å². The van der Waals surface area contributed by atoms with Crippen molar-refractivity contribution in [3.8, 4) is 0 Å². The maximum atomic E-state index is 12.7.